The molecular formula is C15H19NO. The van der Waals surface area contributed by atoms with E-state index in [-0.39, 0.29) is 5.91 Å². The molecule has 1 amide bonds. The van der Waals surface area contributed by atoms with Crippen LogP contribution in [0.1, 0.15) is 48.9 Å². The van der Waals surface area contributed by atoms with Gasteiger partial charge in [-0.15, -0.1) is 0 Å². The first-order valence-electron chi connectivity index (χ1n) is 6.75. The van der Waals surface area contributed by atoms with Gasteiger partial charge in [-0.2, -0.15) is 0 Å². The Balaban J connectivity index is 1.72. The number of benzene rings is 1. The van der Waals surface area contributed by atoms with E-state index in [0.717, 1.165) is 5.56 Å². The molecule has 0 N–H and O–H groups in total. The second-order valence-corrected chi connectivity index (χ2v) is 5.20. The molecular weight excluding hydrogens is 210 g/mol. The molecule has 2 heteroatoms. The summed E-state index contributed by atoms with van der Waals surface area (Å²) in [4.78, 5) is 14.4. The molecule has 0 aromatic heterocycles. The Hall–Kier alpha value is -1.31. The molecule has 2 aliphatic rings. The lowest BCUT2D eigenvalue weighted by molar-refractivity contribution is 0.0862. The van der Waals surface area contributed by atoms with Crippen LogP contribution >= 0.6 is 0 Å². The summed E-state index contributed by atoms with van der Waals surface area (Å²) in [6.45, 7) is 0. The van der Waals surface area contributed by atoms with Crippen molar-refractivity contribution >= 4 is 5.91 Å². The zero-order valence-corrected chi connectivity index (χ0v) is 10.1. The number of carbonyl (C=O) groups excluding carboxylic acids is 1. The van der Waals surface area contributed by atoms with Crippen molar-refractivity contribution in [3.8, 4) is 0 Å². The molecule has 1 heterocycles. The number of nitrogens with zero attached hydrogens (tertiary/aromatic N) is 1. The number of fused-ring (bicyclic) bond motifs is 1. The number of rotatable bonds is 1. The van der Waals surface area contributed by atoms with Crippen LogP contribution in [0.2, 0.25) is 0 Å². The van der Waals surface area contributed by atoms with E-state index in [1.54, 1.807) is 0 Å². The molecule has 1 aliphatic heterocycles. The summed E-state index contributed by atoms with van der Waals surface area (Å²) in [5, 5.41) is 0. The van der Waals surface area contributed by atoms with Crippen LogP contribution in [0.3, 0.4) is 0 Å². The van der Waals surface area contributed by atoms with E-state index in [9.17, 15) is 4.79 Å². The smallest absolute Gasteiger partial charge is 0.254 e. The molecule has 1 aliphatic carbocycles. The largest absolute Gasteiger partial charge is 0.329 e. The molecule has 1 saturated carbocycles. The highest BCUT2D eigenvalue weighted by molar-refractivity contribution is 5.96. The highest BCUT2D eigenvalue weighted by Crippen LogP contribution is 2.39. The molecule has 90 valence electrons. The van der Waals surface area contributed by atoms with E-state index in [1.165, 1.54) is 38.5 Å². The van der Waals surface area contributed by atoms with Gasteiger partial charge in [-0.1, -0.05) is 43.9 Å². The Bertz CT molecular complexity index is 387. The van der Waals surface area contributed by atoms with Gasteiger partial charge in [0.25, 0.3) is 5.91 Å². The minimum atomic E-state index is 0.238. The fraction of sp³-hybridized carbons (Fsp3) is 0.533. The number of hydrogen-bond acceptors (Lipinski definition) is 1. The van der Waals surface area contributed by atoms with Crippen molar-refractivity contribution in [2.45, 2.75) is 50.6 Å². The highest BCUT2D eigenvalue weighted by Gasteiger charge is 2.49. The van der Waals surface area contributed by atoms with Crippen LogP contribution in [0.4, 0.5) is 0 Å². The molecule has 2 nitrogen and oxygen atoms in total. The lowest BCUT2D eigenvalue weighted by Crippen LogP contribution is -2.14. The molecule has 1 aromatic carbocycles. The SMILES string of the molecule is O=C(c1ccccc1)N1C2CCCCCCC21. The molecule has 1 aromatic rings. The fourth-order valence-electron chi connectivity index (χ4n) is 3.09. The van der Waals surface area contributed by atoms with Crippen LogP contribution < -0.4 is 0 Å². The van der Waals surface area contributed by atoms with Crippen molar-refractivity contribution in [3.63, 3.8) is 0 Å². The molecule has 0 radical (unpaired) electrons. The van der Waals surface area contributed by atoms with Crippen LogP contribution in [-0.4, -0.2) is 22.9 Å². The predicted octanol–water partition coefficient (Wildman–Crippen LogP) is 3.23. The Kier molecular flexibility index (Phi) is 2.87. The van der Waals surface area contributed by atoms with Crippen molar-refractivity contribution < 1.29 is 4.79 Å². The first-order chi connectivity index (χ1) is 8.38. The second kappa shape index (κ2) is 4.52. The molecule has 3 rings (SSSR count). The van der Waals surface area contributed by atoms with Gasteiger partial charge in [-0.25, -0.2) is 0 Å². The Morgan fingerprint density at radius 1 is 0.941 bits per heavy atom. The predicted molar refractivity (Wildman–Crippen MR) is 67.9 cm³/mol. The number of hydrogen-bond donors (Lipinski definition) is 0. The van der Waals surface area contributed by atoms with Crippen molar-refractivity contribution in [2.75, 3.05) is 0 Å². The first kappa shape index (κ1) is 10.8. The molecule has 0 bridgehead atoms. The molecule has 17 heavy (non-hydrogen) atoms. The maximum atomic E-state index is 12.3. The van der Waals surface area contributed by atoms with Crippen molar-refractivity contribution in [2.24, 2.45) is 0 Å². The molecule has 0 spiro atoms. The van der Waals surface area contributed by atoms with Gasteiger partial charge in [-0.05, 0) is 25.0 Å². The average Bonchev–Trinajstić information content (AvgIpc) is 3.01. The lowest BCUT2D eigenvalue weighted by atomic mass is 10.0. The summed E-state index contributed by atoms with van der Waals surface area (Å²) in [5.74, 6) is 0.238. The van der Waals surface area contributed by atoms with E-state index in [2.05, 4.69) is 4.90 Å². The fourth-order valence-corrected chi connectivity index (χ4v) is 3.09. The van der Waals surface area contributed by atoms with Gasteiger partial charge in [0, 0.05) is 5.56 Å². The third kappa shape index (κ3) is 2.08. The second-order valence-electron chi connectivity index (χ2n) is 5.20. The average molecular weight is 229 g/mol. The van der Waals surface area contributed by atoms with Gasteiger partial charge < -0.3 is 4.90 Å². The summed E-state index contributed by atoms with van der Waals surface area (Å²) in [6.07, 6.45) is 7.69. The third-order valence-corrected chi connectivity index (χ3v) is 4.07. The maximum absolute atomic E-state index is 12.3. The monoisotopic (exact) mass is 229 g/mol. The van der Waals surface area contributed by atoms with Crippen molar-refractivity contribution in [3.05, 3.63) is 35.9 Å². The number of amides is 1. The Morgan fingerprint density at radius 2 is 1.53 bits per heavy atom. The topological polar surface area (TPSA) is 20.1 Å². The van der Waals surface area contributed by atoms with E-state index in [0.29, 0.717) is 12.1 Å². The molecule has 2 fully saturated rings. The van der Waals surface area contributed by atoms with Gasteiger partial charge in [0.15, 0.2) is 0 Å². The van der Waals surface area contributed by atoms with E-state index < -0.39 is 0 Å². The zero-order chi connectivity index (χ0) is 11.7. The molecule has 2 unspecified atom stereocenters. The van der Waals surface area contributed by atoms with Gasteiger partial charge in [-0.3, -0.25) is 4.79 Å². The summed E-state index contributed by atoms with van der Waals surface area (Å²) in [7, 11) is 0. The van der Waals surface area contributed by atoms with Crippen LogP contribution in [0.15, 0.2) is 30.3 Å². The van der Waals surface area contributed by atoms with Crippen LogP contribution in [0, 0.1) is 0 Å². The minimum absolute atomic E-state index is 0.238. The van der Waals surface area contributed by atoms with Gasteiger partial charge in [0.05, 0.1) is 12.1 Å². The van der Waals surface area contributed by atoms with Crippen LogP contribution in [-0.2, 0) is 0 Å². The summed E-state index contributed by atoms with van der Waals surface area (Å²) >= 11 is 0. The van der Waals surface area contributed by atoms with Crippen LogP contribution in [0.25, 0.3) is 0 Å². The van der Waals surface area contributed by atoms with Crippen molar-refractivity contribution in [1.29, 1.82) is 0 Å². The summed E-state index contributed by atoms with van der Waals surface area (Å²) < 4.78 is 0. The highest BCUT2D eigenvalue weighted by atomic mass is 16.2. The molecule has 2 atom stereocenters. The Morgan fingerprint density at radius 3 is 2.12 bits per heavy atom. The summed E-state index contributed by atoms with van der Waals surface area (Å²) in [6, 6.07) is 10.8. The molecule has 1 saturated heterocycles. The van der Waals surface area contributed by atoms with Gasteiger partial charge in [0.2, 0.25) is 0 Å². The zero-order valence-electron chi connectivity index (χ0n) is 10.1. The third-order valence-electron chi connectivity index (χ3n) is 4.07. The van der Waals surface area contributed by atoms with E-state index in [1.807, 2.05) is 30.3 Å². The van der Waals surface area contributed by atoms with Crippen LogP contribution in [0.5, 0.6) is 0 Å². The standard InChI is InChI=1S/C15H19NO/c17-15(12-8-4-3-5-9-12)16-13-10-6-1-2-7-11-14(13)16/h3-5,8-9,13-14H,1-2,6-7,10-11H2. The maximum Gasteiger partial charge on any atom is 0.254 e. The number of carbonyl (C=O) groups is 1. The lowest BCUT2D eigenvalue weighted by Gasteiger charge is -2.04. The van der Waals surface area contributed by atoms with E-state index in [4.69, 9.17) is 0 Å². The van der Waals surface area contributed by atoms with Gasteiger partial charge in [0.1, 0.15) is 0 Å². The van der Waals surface area contributed by atoms with Gasteiger partial charge >= 0.3 is 0 Å². The normalized spacial score (nSPS) is 27.9. The Labute approximate surface area is 103 Å². The quantitative estimate of drug-likeness (QED) is 0.677. The summed E-state index contributed by atoms with van der Waals surface area (Å²) in [5.41, 5.74) is 0.847. The van der Waals surface area contributed by atoms with E-state index >= 15 is 0 Å². The first-order valence-corrected chi connectivity index (χ1v) is 6.75. The minimum Gasteiger partial charge on any atom is -0.329 e. The van der Waals surface area contributed by atoms with Crippen molar-refractivity contribution in [1.82, 2.24) is 4.90 Å².